The highest BCUT2D eigenvalue weighted by Crippen LogP contribution is 2.31. The molecule has 0 radical (unpaired) electrons. The maximum absolute atomic E-state index is 11.5. The van der Waals surface area contributed by atoms with Crippen LogP contribution >= 0.6 is 39.6 Å². The molecule has 144 heavy (non-hydrogen) atoms. The van der Waals surface area contributed by atoms with E-state index in [9.17, 15) is 38.4 Å². The third kappa shape index (κ3) is 46.1. The third-order valence-electron chi connectivity index (χ3n) is 22.8. The van der Waals surface area contributed by atoms with Crippen molar-refractivity contribution in [3.8, 4) is 44.5 Å². The average Bonchev–Trinajstić information content (AvgIpc) is 0.817. The minimum Gasteiger partial charge on any atom is -0.480 e. The standard InChI is InChI=1S/2C18H21NO2.2C17H19NO2.C12H17NO2.C11H16N2O2.C11H15NO2.C10H14N2O2.4H3P/c1-3-13-4-8-15(9-5-13)16-10-6-14(7-11-16)12-17(19)18(20)21-2;1-3-13-8-4-6-10-15(13)16-11-7-5-9-14(16)12-17(19)18(20)21-2;1-2-12-3-7-14(8-4-12)15-9-5-13(6-10-15)11-16(18)17(19)20;1-2-12-7-3-5-9-14(12)15-10-6-4-8-13(15)11-16(18)17(19)20;1-3-9-5-4-6-10(7-9)8-11(13)12(14)15-2;1-3-8-5-4-6-9(13-8)7-10(12)11(14)15-2;1-2-8-4-3-5-9(6-8)7-10(12)11(13)14;1-2-7-4-3-5-8(12-7)6-9(11)10(13)14;;;;/h2*4-11,17H,3,12,19H2,1-2H3;2*3-10,16H,2,11,18H2,1H3,(H,19,20);4-7,11H,3,8,13H2,1-2H3;4-6,10H,3,7,12H2,1-2H3;3-6,10H,2,7,12H2,1H3,(H,13,14);3-5,9H,2,6,11H2,1H3,(H,13,14);4*1H3/t2*17-;2*16-;11-;2*10-;9-;;;;/m00110011..../s1. The van der Waals surface area contributed by atoms with Crippen LogP contribution in [0.5, 0.6) is 0 Å². The van der Waals surface area contributed by atoms with Gasteiger partial charge in [0.05, 0.1) is 28.4 Å². The number of aryl methyl sites for hydroxylation is 8. The van der Waals surface area contributed by atoms with Crippen molar-refractivity contribution in [2.75, 3.05) is 28.4 Å². The molecule has 0 fully saturated rings. The number of aliphatic carboxylic acids is 4. The first kappa shape index (κ1) is 130. The van der Waals surface area contributed by atoms with Gasteiger partial charge in [-0.15, -0.1) is 0 Å². The summed E-state index contributed by atoms with van der Waals surface area (Å²) >= 11 is 0. The lowest BCUT2D eigenvalue weighted by Gasteiger charge is -2.15. The molecule has 12 rings (SSSR count). The van der Waals surface area contributed by atoms with E-state index in [0.717, 1.165) is 141 Å². The summed E-state index contributed by atoms with van der Waals surface area (Å²) < 4.78 is 18.5. The summed E-state index contributed by atoms with van der Waals surface area (Å²) in [5.41, 5.74) is 71.5. The normalized spacial score (nSPS) is 11.8. The number of benzene rings is 10. The van der Waals surface area contributed by atoms with E-state index in [-0.39, 0.29) is 63.9 Å². The van der Waals surface area contributed by atoms with Crippen LogP contribution in [0.25, 0.3) is 44.5 Å². The van der Waals surface area contributed by atoms with Crippen molar-refractivity contribution in [3.05, 3.63) is 369 Å². The van der Waals surface area contributed by atoms with Gasteiger partial charge in [0, 0.05) is 35.6 Å². The number of methoxy groups -OCH3 is 4. The van der Waals surface area contributed by atoms with Crippen molar-refractivity contribution in [1.29, 1.82) is 0 Å². The highest BCUT2D eigenvalue weighted by molar-refractivity contribution is 6.92. The van der Waals surface area contributed by atoms with Gasteiger partial charge >= 0.3 is 47.8 Å². The molecule has 20 N–H and O–H groups in total. The molecule has 0 aliphatic rings. The molecule has 0 aliphatic heterocycles. The van der Waals surface area contributed by atoms with Crippen molar-refractivity contribution in [3.63, 3.8) is 0 Å². The molecule has 0 amide bonds. The van der Waals surface area contributed by atoms with Crippen LogP contribution in [0.2, 0.25) is 0 Å². The summed E-state index contributed by atoms with van der Waals surface area (Å²) in [6.45, 7) is 16.7. The highest BCUT2D eigenvalue weighted by atomic mass is 31.0. The van der Waals surface area contributed by atoms with E-state index < -0.39 is 78.2 Å². The van der Waals surface area contributed by atoms with Gasteiger partial charge in [-0.05, 0) is 225 Å². The summed E-state index contributed by atoms with van der Waals surface area (Å²) in [6.07, 6.45) is 10.9. The lowest BCUT2D eigenvalue weighted by Crippen LogP contribution is -2.33. The Morgan fingerprint density at radius 2 is 0.438 bits per heavy atom. The van der Waals surface area contributed by atoms with E-state index in [1.54, 1.807) is 6.07 Å². The molecule has 12 aromatic rings. The van der Waals surface area contributed by atoms with Gasteiger partial charge in [-0.1, -0.05) is 310 Å². The number of aromatic nitrogens is 2. The van der Waals surface area contributed by atoms with Crippen LogP contribution < -0.4 is 45.9 Å². The average molecular weight is 2040 g/mol. The first-order valence-electron chi connectivity index (χ1n) is 47.2. The molecular formula is C114H154N10O16P4. The molecule has 776 valence electrons. The number of pyridine rings is 2. The van der Waals surface area contributed by atoms with E-state index in [1.165, 1.54) is 72.9 Å². The molecule has 0 bridgehead atoms. The number of carboxylic acid groups (broad SMARTS) is 4. The second-order valence-electron chi connectivity index (χ2n) is 33.1. The number of hydrogen-bond donors (Lipinski definition) is 12. The number of esters is 4. The summed E-state index contributed by atoms with van der Waals surface area (Å²) in [5.74, 6) is -5.41. The zero-order valence-corrected chi connectivity index (χ0v) is 91.2. The fourth-order valence-electron chi connectivity index (χ4n) is 14.5. The van der Waals surface area contributed by atoms with Gasteiger partial charge in [0.25, 0.3) is 0 Å². The SMILES string of the molecule is CCc1ccc(-c2ccc(C[C@@H](N)C(=O)O)cc2)cc1.CCc1ccc(-c2ccc(C[C@H](N)C(=O)OC)cc2)cc1.CCc1cccc(C[C@@H](N)C(=O)O)c1.CCc1cccc(C[C@@H](N)C(=O)O)n1.CCc1cccc(C[C@H](N)C(=O)OC)c1.CCc1cccc(C[C@H](N)C(=O)OC)n1.CCc1ccccc1-c1ccccc1C[C@@H](N)C(=O)O.CCc1ccccc1-c1ccccc1C[C@H](N)C(=O)OC.P.P.P.P. The number of nitrogens with zero attached hydrogens (tertiary/aromatic N) is 2. The van der Waals surface area contributed by atoms with Crippen LogP contribution in [0, 0.1) is 0 Å². The van der Waals surface area contributed by atoms with E-state index in [2.05, 4.69) is 169 Å². The third-order valence-corrected chi connectivity index (χ3v) is 22.8. The lowest BCUT2D eigenvalue weighted by atomic mass is 9.91. The van der Waals surface area contributed by atoms with Gasteiger partial charge in [-0.3, -0.25) is 48.3 Å². The summed E-state index contributed by atoms with van der Waals surface area (Å²) in [4.78, 5) is 96.4. The summed E-state index contributed by atoms with van der Waals surface area (Å²) in [7, 11) is 5.40. The number of carboxylic acids is 4. The Kier molecular flexibility index (Phi) is 64.1. The van der Waals surface area contributed by atoms with Crippen molar-refractivity contribution in [1.82, 2.24) is 9.97 Å². The molecule has 26 nitrogen and oxygen atoms in total. The van der Waals surface area contributed by atoms with E-state index in [1.807, 2.05) is 184 Å². The number of carbonyl (C=O) groups is 8. The predicted molar refractivity (Wildman–Crippen MR) is 600 cm³/mol. The highest BCUT2D eigenvalue weighted by Gasteiger charge is 2.23. The Bertz CT molecular complexity index is 5700. The first-order chi connectivity index (χ1) is 67.1. The van der Waals surface area contributed by atoms with Crippen molar-refractivity contribution in [2.24, 2.45) is 45.9 Å². The monoisotopic (exact) mass is 2040 g/mol. The summed E-state index contributed by atoms with van der Waals surface area (Å²) in [6, 6.07) is 87.0. The van der Waals surface area contributed by atoms with Gasteiger partial charge < -0.3 is 85.2 Å². The van der Waals surface area contributed by atoms with Crippen molar-refractivity contribution >= 4 is 87.4 Å². The van der Waals surface area contributed by atoms with Crippen LogP contribution in [-0.2, 0) is 160 Å². The van der Waals surface area contributed by atoms with Gasteiger partial charge in [-0.2, -0.15) is 39.6 Å². The molecular weight excluding hydrogens is 1890 g/mol. The maximum atomic E-state index is 11.5. The molecule has 12 atom stereocenters. The second kappa shape index (κ2) is 71.2. The minimum absolute atomic E-state index is 0. The Morgan fingerprint density at radius 3 is 0.729 bits per heavy atom. The molecule has 4 unspecified atom stereocenters. The van der Waals surface area contributed by atoms with E-state index >= 15 is 0 Å². The Morgan fingerprint density at radius 1 is 0.222 bits per heavy atom. The van der Waals surface area contributed by atoms with Crippen molar-refractivity contribution in [2.45, 2.75) is 206 Å². The molecule has 10 aromatic carbocycles. The Hall–Kier alpha value is -12.3. The predicted octanol–water partition coefficient (Wildman–Crippen LogP) is 15.7. The van der Waals surface area contributed by atoms with Gasteiger partial charge in [0.2, 0.25) is 0 Å². The number of rotatable bonds is 36. The van der Waals surface area contributed by atoms with E-state index in [4.69, 9.17) is 71.0 Å². The van der Waals surface area contributed by atoms with Crippen molar-refractivity contribution < 1.29 is 77.7 Å². The first-order valence-corrected chi connectivity index (χ1v) is 47.2. The van der Waals surface area contributed by atoms with Crippen LogP contribution in [-0.4, -0.2) is 155 Å². The molecule has 30 heteroatoms. The zero-order valence-electron chi connectivity index (χ0n) is 85.5. The Labute approximate surface area is 863 Å². The fraction of sp³-hybridized carbons (Fsp3) is 0.316. The molecule has 2 aromatic heterocycles. The fourth-order valence-corrected chi connectivity index (χ4v) is 14.5. The largest absolute Gasteiger partial charge is 0.480 e. The van der Waals surface area contributed by atoms with Crippen LogP contribution in [0.3, 0.4) is 0 Å². The quantitative estimate of drug-likeness (QED) is 0.00985. The van der Waals surface area contributed by atoms with E-state index in [0.29, 0.717) is 44.9 Å². The van der Waals surface area contributed by atoms with Gasteiger partial charge in [0.1, 0.15) is 48.3 Å². The van der Waals surface area contributed by atoms with Crippen LogP contribution in [0.4, 0.5) is 0 Å². The number of carbonyl (C=O) groups excluding carboxylic acids is 4. The lowest BCUT2D eigenvalue weighted by molar-refractivity contribution is -0.142. The van der Waals surface area contributed by atoms with Crippen LogP contribution in [0.15, 0.2) is 279 Å². The molecule has 0 aliphatic carbocycles. The number of ether oxygens (including phenoxy) is 4. The summed E-state index contributed by atoms with van der Waals surface area (Å²) in [5, 5.41) is 35.0. The van der Waals surface area contributed by atoms with Crippen LogP contribution in [0.1, 0.15) is 145 Å². The van der Waals surface area contributed by atoms with Gasteiger partial charge in [0.15, 0.2) is 0 Å². The Balaban J connectivity index is 0.000000824. The topological polar surface area (TPSA) is 488 Å². The second-order valence-corrected chi connectivity index (χ2v) is 33.1. The smallest absolute Gasteiger partial charge is 0.323 e. The van der Waals surface area contributed by atoms with Gasteiger partial charge in [-0.25, -0.2) is 0 Å². The zero-order chi connectivity index (χ0) is 103. The number of hydrogen-bond acceptors (Lipinski definition) is 22. The molecule has 0 spiro atoms. The molecule has 0 saturated heterocycles. The minimum atomic E-state index is -0.992. The maximum Gasteiger partial charge on any atom is 0.323 e. The molecule has 0 saturated carbocycles. The molecule has 2 heterocycles. The number of nitrogens with two attached hydrogens (primary N) is 8.